The van der Waals surface area contributed by atoms with Gasteiger partial charge in [0.15, 0.2) is 0 Å². The number of alkyl carbamates (subject to hydrolysis) is 1. The van der Waals surface area contributed by atoms with Gasteiger partial charge in [-0.3, -0.25) is 19.1 Å². The maximum absolute atomic E-state index is 14.7. The Bertz CT molecular complexity index is 1960. The molecule has 3 N–H and O–H groups in total. The molecule has 6 aliphatic rings. The van der Waals surface area contributed by atoms with E-state index >= 15 is 0 Å². The SMILES string of the molecule is C=C[C@@H]1CC1(NC(=O)[C@@H]1C[C@@H]2CN1C(=O)[C@@H](C1CCCC1)NC(=O)O[C@H]1CCC[C@@H]1C/C=C/c1ccc3ccnc(c3c1)O2)C(=O)NS(=O)(=O)C1CC1. The molecule has 0 radical (unpaired) electrons. The van der Waals surface area contributed by atoms with Crippen LogP contribution >= 0.6 is 0 Å². The van der Waals surface area contributed by atoms with Gasteiger partial charge in [0.05, 0.1) is 11.8 Å². The highest BCUT2D eigenvalue weighted by Gasteiger charge is 2.62. The van der Waals surface area contributed by atoms with Crippen LogP contribution in [0.15, 0.2) is 49.2 Å². The van der Waals surface area contributed by atoms with E-state index in [0.29, 0.717) is 18.7 Å². The fraction of sp³-hybridized carbons (Fsp3) is 0.564. The predicted molar refractivity (Wildman–Crippen MR) is 196 cm³/mol. The number of nitrogens with zero attached hydrogens (tertiary/aromatic N) is 2. The quantitative estimate of drug-likeness (QED) is 0.353. The van der Waals surface area contributed by atoms with Crippen LogP contribution in [-0.2, 0) is 29.1 Å². The van der Waals surface area contributed by atoms with Gasteiger partial charge in [0.2, 0.25) is 27.7 Å². The topological polar surface area (TPSA) is 173 Å². The number of rotatable bonds is 7. The molecule has 1 aromatic heterocycles. The Kier molecular flexibility index (Phi) is 9.44. The predicted octanol–water partition coefficient (Wildman–Crippen LogP) is 4.12. The number of carbonyl (C=O) groups is 4. The second-order valence-corrected chi connectivity index (χ2v) is 17.7. The van der Waals surface area contributed by atoms with E-state index in [4.69, 9.17) is 9.47 Å². The van der Waals surface area contributed by atoms with E-state index in [0.717, 1.165) is 67.7 Å². The van der Waals surface area contributed by atoms with Crippen LogP contribution < -0.4 is 20.1 Å². The van der Waals surface area contributed by atoms with E-state index in [1.807, 2.05) is 24.3 Å². The van der Waals surface area contributed by atoms with E-state index in [-0.39, 0.29) is 37.3 Å². The number of hydrogen-bond acceptors (Lipinski definition) is 9. The van der Waals surface area contributed by atoms with E-state index in [9.17, 15) is 27.6 Å². The number of allylic oxidation sites excluding steroid dienone is 1. The van der Waals surface area contributed by atoms with Gasteiger partial charge in [-0.15, -0.1) is 6.58 Å². The Balaban J connectivity index is 1.13. The number of carbonyl (C=O) groups excluding carboxylic acids is 4. The summed E-state index contributed by atoms with van der Waals surface area (Å²) in [7, 11) is -3.88. The van der Waals surface area contributed by atoms with Crippen molar-refractivity contribution in [2.75, 3.05) is 6.54 Å². The Hall–Kier alpha value is -4.46. The summed E-state index contributed by atoms with van der Waals surface area (Å²) in [5.41, 5.74) is -0.565. The number of aromatic nitrogens is 1. The van der Waals surface area contributed by atoms with E-state index in [1.165, 1.54) is 11.0 Å². The lowest BCUT2D eigenvalue weighted by molar-refractivity contribution is -0.142. The third-order valence-corrected chi connectivity index (χ3v) is 14.0. The minimum atomic E-state index is -3.88. The average Bonchev–Trinajstić information content (AvgIpc) is 3.93. The molecule has 2 aliphatic heterocycles. The van der Waals surface area contributed by atoms with Crippen molar-refractivity contribution in [3.05, 3.63) is 54.8 Å². The van der Waals surface area contributed by atoms with Crippen molar-refractivity contribution in [3.63, 3.8) is 0 Å². The van der Waals surface area contributed by atoms with Gasteiger partial charge in [-0.25, -0.2) is 18.2 Å². The smallest absolute Gasteiger partial charge is 0.408 e. The molecule has 0 spiro atoms. The molecule has 3 heterocycles. The maximum Gasteiger partial charge on any atom is 0.408 e. The number of sulfonamides is 1. The molecule has 5 fully saturated rings. The summed E-state index contributed by atoms with van der Waals surface area (Å²) in [6.07, 6.45) is 13.6. The van der Waals surface area contributed by atoms with Crippen LogP contribution in [0, 0.1) is 17.8 Å². The van der Waals surface area contributed by atoms with Crippen LogP contribution in [0.25, 0.3) is 16.8 Å². The molecule has 7 atom stereocenters. The van der Waals surface area contributed by atoms with Gasteiger partial charge in [0.25, 0.3) is 5.91 Å². The van der Waals surface area contributed by atoms with Gasteiger partial charge in [-0.1, -0.05) is 43.2 Å². The van der Waals surface area contributed by atoms with Crippen LogP contribution in [0.5, 0.6) is 5.88 Å². The molecule has 282 valence electrons. The minimum Gasteiger partial charge on any atom is -0.472 e. The Morgan fingerprint density at radius 3 is 2.57 bits per heavy atom. The van der Waals surface area contributed by atoms with Crippen LogP contribution in [0.4, 0.5) is 4.79 Å². The van der Waals surface area contributed by atoms with Crippen molar-refractivity contribution in [3.8, 4) is 5.88 Å². The van der Waals surface area contributed by atoms with Crippen LogP contribution in [0.1, 0.15) is 82.6 Å². The van der Waals surface area contributed by atoms with Gasteiger partial charge in [0, 0.05) is 23.9 Å². The summed E-state index contributed by atoms with van der Waals surface area (Å²) in [5.74, 6) is -1.97. The lowest BCUT2D eigenvalue weighted by Crippen LogP contribution is -2.59. The summed E-state index contributed by atoms with van der Waals surface area (Å²) in [4.78, 5) is 62.2. The normalized spacial score (nSPS) is 32.5. The summed E-state index contributed by atoms with van der Waals surface area (Å²) >= 11 is 0. The van der Waals surface area contributed by atoms with Gasteiger partial charge < -0.3 is 25.0 Å². The second-order valence-electron chi connectivity index (χ2n) is 15.7. The summed E-state index contributed by atoms with van der Waals surface area (Å²) in [6.45, 7) is 3.83. The highest BCUT2D eigenvalue weighted by Crippen LogP contribution is 2.46. The molecular weight excluding hydrogens is 699 g/mol. The van der Waals surface area contributed by atoms with E-state index < -0.39 is 68.7 Å². The van der Waals surface area contributed by atoms with Crippen molar-refractivity contribution in [1.29, 1.82) is 0 Å². The highest BCUT2D eigenvalue weighted by molar-refractivity contribution is 7.91. The Labute approximate surface area is 309 Å². The van der Waals surface area contributed by atoms with Crippen molar-refractivity contribution >= 4 is 50.7 Å². The molecule has 1 aromatic carbocycles. The fourth-order valence-corrected chi connectivity index (χ4v) is 10.2. The van der Waals surface area contributed by atoms with Crippen molar-refractivity contribution < 1.29 is 37.1 Å². The number of hydrogen-bond donors (Lipinski definition) is 3. The largest absolute Gasteiger partial charge is 0.472 e. The third-order valence-electron chi connectivity index (χ3n) is 12.1. The minimum absolute atomic E-state index is 0.0272. The molecule has 8 rings (SSSR count). The molecule has 1 saturated heterocycles. The zero-order valence-corrected chi connectivity index (χ0v) is 30.5. The number of benzene rings is 1. The third kappa shape index (κ3) is 7.14. The lowest BCUT2D eigenvalue weighted by Gasteiger charge is -2.32. The number of amides is 4. The molecule has 4 amide bonds. The molecule has 13 nitrogen and oxygen atoms in total. The first-order chi connectivity index (χ1) is 25.5. The number of fused-ring (bicyclic) bond motifs is 4. The Morgan fingerprint density at radius 1 is 1.02 bits per heavy atom. The molecule has 4 bridgehead atoms. The van der Waals surface area contributed by atoms with E-state index in [1.54, 1.807) is 6.20 Å². The molecule has 2 aromatic rings. The number of pyridine rings is 1. The summed E-state index contributed by atoms with van der Waals surface area (Å²) in [5, 5.41) is 6.86. The van der Waals surface area contributed by atoms with Crippen LogP contribution in [-0.4, -0.2) is 83.7 Å². The number of ether oxygens (including phenoxy) is 2. The van der Waals surface area contributed by atoms with Gasteiger partial charge >= 0.3 is 6.09 Å². The molecule has 53 heavy (non-hydrogen) atoms. The monoisotopic (exact) mass is 745 g/mol. The van der Waals surface area contributed by atoms with Gasteiger partial charge in [0.1, 0.15) is 29.8 Å². The standard InChI is InChI=1S/C39H47N5O8S/c1-2-27-21-39(27,37(47)43-53(49,50)29-15-16-29)42-34(45)31-20-28-22-44(31)36(46)33(26-8-3-4-9-26)41-38(48)52-32-12-6-11-25(32)10-5-7-23-13-14-24-17-18-40-35(51-28)30(24)19-23/h2,5,7,13-14,17-19,25-29,31-33H,1,3-4,6,8-12,15-16,20-22H2,(H,41,48)(H,42,45)(H,43,47)/b7-5+/t25-,27+,28+,31-,32-,33+,39?/m0/s1. The molecular formula is C39H47N5O8S. The molecule has 4 saturated carbocycles. The maximum atomic E-state index is 14.7. The zero-order chi connectivity index (χ0) is 36.9. The molecule has 1 unspecified atom stereocenters. The highest BCUT2D eigenvalue weighted by atomic mass is 32.2. The first-order valence-corrected chi connectivity index (χ1v) is 20.6. The first kappa shape index (κ1) is 35.6. The average molecular weight is 746 g/mol. The van der Waals surface area contributed by atoms with Gasteiger partial charge in [-0.05, 0) is 92.7 Å². The van der Waals surface area contributed by atoms with E-state index in [2.05, 4.69) is 39.1 Å². The summed E-state index contributed by atoms with van der Waals surface area (Å²) in [6, 6.07) is 5.91. The van der Waals surface area contributed by atoms with Gasteiger partial charge in [-0.2, -0.15) is 0 Å². The van der Waals surface area contributed by atoms with Crippen molar-refractivity contribution in [1.82, 2.24) is 25.2 Å². The molecule has 14 heteroatoms. The Morgan fingerprint density at radius 2 is 1.81 bits per heavy atom. The van der Waals surface area contributed by atoms with Crippen LogP contribution in [0.3, 0.4) is 0 Å². The second kappa shape index (κ2) is 14.1. The first-order valence-electron chi connectivity index (χ1n) is 19.0. The van der Waals surface area contributed by atoms with Crippen LogP contribution in [0.2, 0.25) is 0 Å². The zero-order valence-electron chi connectivity index (χ0n) is 29.7. The summed E-state index contributed by atoms with van der Waals surface area (Å²) < 4.78 is 40.2. The lowest BCUT2D eigenvalue weighted by atomic mass is 9.96. The molecule has 4 aliphatic carbocycles. The van der Waals surface area contributed by atoms with Crippen molar-refractivity contribution in [2.45, 2.75) is 112 Å². The van der Waals surface area contributed by atoms with Crippen molar-refractivity contribution in [2.24, 2.45) is 17.8 Å². The number of nitrogens with one attached hydrogen (secondary N) is 3. The fourth-order valence-electron chi connectivity index (χ4n) is 8.86.